The lowest BCUT2D eigenvalue weighted by atomic mass is 10.0. The van der Waals surface area contributed by atoms with Gasteiger partial charge in [0.1, 0.15) is 17.9 Å². The number of amides is 3. The average molecular weight is 337 g/mol. The monoisotopic (exact) mass is 337 g/mol. The first-order valence-electron chi connectivity index (χ1n) is 7.80. The second kappa shape index (κ2) is 9.00. The van der Waals surface area contributed by atoms with Crippen molar-refractivity contribution in [2.24, 2.45) is 11.7 Å². The molecule has 0 bridgehead atoms. The number of halogens is 1. The molecular weight excluding hydrogens is 313 g/mol. The summed E-state index contributed by atoms with van der Waals surface area (Å²) in [5, 5.41) is 5.13. The molecule has 7 heteroatoms. The second-order valence-corrected chi connectivity index (χ2v) is 6.18. The van der Waals surface area contributed by atoms with Gasteiger partial charge in [0.2, 0.25) is 17.7 Å². The van der Waals surface area contributed by atoms with Crippen molar-refractivity contribution in [1.29, 1.82) is 0 Å². The van der Waals surface area contributed by atoms with E-state index in [-0.39, 0.29) is 24.1 Å². The van der Waals surface area contributed by atoms with E-state index < -0.39 is 23.9 Å². The molecule has 0 heterocycles. The van der Waals surface area contributed by atoms with Crippen molar-refractivity contribution in [3.63, 3.8) is 0 Å². The van der Waals surface area contributed by atoms with Gasteiger partial charge in [0.05, 0.1) is 0 Å². The van der Waals surface area contributed by atoms with Crippen LogP contribution in [0.15, 0.2) is 24.3 Å². The number of nitrogens with one attached hydrogen (secondary N) is 2. The van der Waals surface area contributed by atoms with Crippen LogP contribution in [0.25, 0.3) is 0 Å². The number of carbonyl (C=O) groups is 3. The molecule has 0 saturated carbocycles. The van der Waals surface area contributed by atoms with Gasteiger partial charge in [-0.05, 0) is 30.0 Å². The van der Waals surface area contributed by atoms with E-state index in [1.54, 1.807) is 0 Å². The molecule has 0 aromatic heterocycles. The molecule has 0 unspecified atom stereocenters. The Hall–Kier alpha value is -2.44. The van der Waals surface area contributed by atoms with Crippen molar-refractivity contribution in [3.8, 4) is 0 Å². The first-order valence-corrected chi connectivity index (χ1v) is 7.80. The molecular formula is C17H24FN3O3. The third-order valence-electron chi connectivity index (χ3n) is 3.41. The number of rotatable bonds is 8. The van der Waals surface area contributed by atoms with Gasteiger partial charge < -0.3 is 16.4 Å². The van der Waals surface area contributed by atoms with Gasteiger partial charge in [-0.25, -0.2) is 4.39 Å². The van der Waals surface area contributed by atoms with Crippen LogP contribution in [0.1, 0.15) is 32.8 Å². The van der Waals surface area contributed by atoms with Crippen LogP contribution in [0.2, 0.25) is 0 Å². The summed E-state index contributed by atoms with van der Waals surface area (Å²) in [7, 11) is 0. The van der Waals surface area contributed by atoms with Gasteiger partial charge in [-0.1, -0.05) is 26.0 Å². The highest BCUT2D eigenvalue weighted by atomic mass is 19.1. The molecule has 0 spiro atoms. The average Bonchev–Trinajstić information content (AvgIpc) is 2.47. The normalized spacial score (nSPS) is 13.2. The molecule has 132 valence electrons. The van der Waals surface area contributed by atoms with Crippen molar-refractivity contribution in [2.75, 3.05) is 0 Å². The summed E-state index contributed by atoms with van der Waals surface area (Å²) in [6, 6.07) is 3.96. The van der Waals surface area contributed by atoms with Crippen LogP contribution in [0.4, 0.5) is 4.39 Å². The zero-order valence-corrected chi connectivity index (χ0v) is 14.1. The highest BCUT2D eigenvalue weighted by molar-refractivity contribution is 5.91. The Morgan fingerprint density at radius 2 is 1.67 bits per heavy atom. The maximum absolute atomic E-state index is 13.0. The minimum atomic E-state index is -0.873. The lowest BCUT2D eigenvalue weighted by molar-refractivity contribution is -0.131. The summed E-state index contributed by atoms with van der Waals surface area (Å²) in [5.74, 6) is -1.72. The zero-order chi connectivity index (χ0) is 18.3. The minimum Gasteiger partial charge on any atom is -0.368 e. The molecule has 2 atom stereocenters. The number of hydrogen-bond acceptors (Lipinski definition) is 3. The summed E-state index contributed by atoms with van der Waals surface area (Å²) >= 11 is 0. The largest absolute Gasteiger partial charge is 0.368 e. The maximum Gasteiger partial charge on any atom is 0.243 e. The Bertz CT molecular complexity index is 587. The van der Waals surface area contributed by atoms with Crippen LogP contribution in [0.3, 0.4) is 0 Å². The fourth-order valence-electron chi connectivity index (χ4n) is 2.30. The summed E-state index contributed by atoms with van der Waals surface area (Å²) in [6.45, 7) is 5.11. The molecule has 0 aliphatic carbocycles. The lowest BCUT2D eigenvalue weighted by Crippen LogP contribution is -2.53. The summed E-state index contributed by atoms with van der Waals surface area (Å²) < 4.78 is 13.0. The van der Waals surface area contributed by atoms with Crippen molar-refractivity contribution in [3.05, 3.63) is 35.6 Å². The van der Waals surface area contributed by atoms with E-state index in [9.17, 15) is 18.8 Å². The lowest BCUT2D eigenvalue weighted by Gasteiger charge is -2.22. The van der Waals surface area contributed by atoms with Crippen LogP contribution in [-0.4, -0.2) is 29.8 Å². The quantitative estimate of drug-likeness (QED) is 0.656. The van der Waals surface area contributed by atoms with Gasteiger partial charge in [0, 0.05) is 13.3 Å². The Balaban J connectivity index is 2.85. The van der Waals surface area contributed by atoms with E-state index in [0.29, 0.717) is 12.0 Å². The molecule has 0 fully saturated rings. The van der Waals surface area contributed by atoms with Gasteiger partial charge in [0.25, 0.3) is 0 Å². The predicted octanol–water partition coefficient (Wildman–Crippen LogP) is 0.889. The Kier molecular flexibility index (Phi) is 7.35. The van der Waals surface area contributed by atoms with Crippen LogP contribution < -0.4 is 16.4 Å². The number of hydrogen-bond donors (Lipinski definition) is 3. The summed E-state index contributed by atoms with van der Waals surface area (Å²) in [5.41, 5.74) is 6.01. The van der Waals surface area contributed by atoms with Crippen LogP contribution in [0, 0.1) is 11.7 Å². The first kappa shape index (κ1) is 19.6. The molecule has 1 aromatic rings. The van der Waals surface area contributed by atoms with Crippen molar-refractivity contribution >= 4 is 17.7 Å². The predicted molar refractivity (Wildman–Crippen MR) is 88.3 cm³/mol. The van der Waals surface area contributed by atoms with Crippen molar-refractivity contribution in [1.82, 2.24) is 10.6 Å². The highest BCUT2D eigenvalue weighted by Gasteiger charge is 2.25. The number of carbonyl (C=O) groups excluding carboxylic acids is 3. The van der Waals surface area contributed by atoms with Crippen molar-refractivity contribution in [2.45, 2.75) is 45.7 Å². The second-order valence-electron chi connectivity index (χ2n) is 6.18. The van der Waals surface area contributed by atoms with Gasteiger partial charge >= 0.3 is 0 Å². The van der Waals surface area contributed by atoms with E-state index in [1.165, 1.54) is 31.2 Å². The van der Waals surface area contributed by atoms with E-state index in [2.05, 4.69) is 10.6 Å². The summed E-state index contributed by atoms with van der Waals surface area (Å²) in [6.07, 6.45) is 0.587. The number of benzene rings is 1. The van der Waals surface area contributed by atoms with Crippen LogP contribution >= 0.6 is 0 Å². The Morgan fingerprint density at radius 3 is 2.12 bits per heavy atom. The molecule has 1 aromatic carbocycles. The molecule has 0 radical (unpaired) electrons. The molecule has 1 rings (SSSR count). The third kappa shape index (κ3) is 6.76. The van der Waals surface area contributed by atoms with Crippen LogP contribution in [0.5, 0.6) is 0 Å². The third-order valence-corrected chi connectivity index (χ3v) is 3.41. The fourth-order valence-corrected chi connectivity index (χ4v) is 2.30. The molecule has 4 N–H and O–H groups in total. The Morgan fingerprint density at radius 1 is 1.08 bits per heavy atom. The SMILES string of the molecule is CC(=O)N[C@@H](Cc1ccc(F)cc1)C(=O)N[C@H](CC(C)C)C(N)=O. The Labute approximate surface area is 141 Å². The standard InChI is InChI=1S/C17H24FN3O3/c1-10(2)8-14(16(19)23)21-17(24)15(20-11(3)22)9-12-4-6-13(18)7-5-12/h4-7,10,14-15H,8-9H2,1-3H3,(H2,19,23)(H,20,22)(H,21,24)/t14-,15+/m1/s1. The van der Waals surface area contributed by atoms with E-state index in [0.717, 1.165) is 0 Å². The van der Waals surface area contributed by atoms with Gasteiger partial charge in [-0.15, -0.1) is 0 Å². The van der Waals surface area contributed by atoms with Crippen LogP contribution in [-0.2, 0) is 20.8 Å². The molecule has 24 heavy (non-hydrogen) atoms. The topological polar surface area (TPSA) is 101 Å². The van der Waals surface area contributed by atoms with E-state index >= 15 is 0 Å². The van der Waals surface area contributed by atoms with Gasteiger partial charge in [-0.2, -0.15) is 0 Å². The summed E-state index contributed by atoms with van der Waals surface area (Å²) in [4.78, 5) is 35.3. The van der Waals surface area contributed by atoms with Gasteiger partial charge in [0.15, 0.2) is 0 Å². The zero-order valence-electron chi connectivity index (χ0n) is 14.1. The minimum absolute atomic E-state index is 0.166. The van der Waals surface area contributed by atoms with E-state index in [4.69, 9.17) is 5.73 Å². The fraction of sp³-hybridized carbons (Fsp3) is 0.471. The highest BCUT2D eigenvalue weighted by Crippen LogP contribution is 2.08. The first-order chi connectivity index (χ1) is 11.2. The molecule has 0 saturated heterocycles. The van der Waals surface area contributed by atoms with Gasteiger partial charge in [-0.3, -0.25) is 14.4 Å². The molecule has 0 aliphatic heterocycles. The number of nitrogens with two attached hydrogens (primary N) is 1. The maximum atomic E-state index is 13.0. The van der Waals surface area contributed by atoms with Crippen molar-refractivity contribution < 1.29 is 18.8 Å². The van der Waals surface area contributed by atoms with E-state index in [1.807, 2.05) is 13.8 Å². The number of primary amides is 1. The molecule has 3 amide bonds. The smallest absolute Gasteiger partial charge is 0.243 e. The molecule has 6 nitrogen and oxygen atoms in total. The molecule has 0 aliphatic rings.